The topological polar surface area (TPSA) is 375 Å². The number of methoxy groups -OCH3 is 1. The Morgan fingerprint density at radius 1 is 1.02 bits per heavy atom. The molecule has 3 amide bonds. The number of aromatic amines is 1. The lowest BCUT2D eigenvalue weighted by Crippen LogP contribution is -2.55. The zero-order valence-corrected chi connectivity index (χ0v) is 36.3. The number of H-pyrrole nitrogens is 1. The maximum Gasteiger partial charge on any atom is 0.404 e. The third-order valence-corrected chi connectivity index (χ3v) is 13.7. The summed E-state index contributed by atoms with van der Waals surface area (Å²) in [7, 11) is 3.86. The summed E-state index contributed by atoms with van der Waals surface area (Å²) in [6.07, 6.45) is -0.345. The summed E-state index contributed by atoms with van der Waals surface area (Å²) in [4.78, 5) is 118. The number of hydrogen-bond donors (Lipinski definition) is 10. The van der Waals surface area contributed by atoms with Crippen molar-refractivity contribution in [2.75, 3.05) is 49.4 Å². The van der Waals surface area contributed by atoms with Crippen LogP contribution in [0.1, 0.15) is 35.8 Å². The Bertz CT molecular complexity index is 2590. The number of aromatic nitrogens is 4. The van der Waals surface area contributed by atoms with Crippen LogP contribution in [0.5, 0.6) is 0 Å². The van der Waals surface area contributed by atoms with Crippen LogP contribution >= 0.6 is 21.6 Å². The van der Waals surface area contributed by atoms with E-state index in [1.165, 1.54) is 36.2 Å². The number of carbonyl (C=O) groups excluding carboxylic acids is 5. The van der Waals surface area contributed by atoms with E-state index in [-0.39, 0.29) is 95.0 Å². The highest BCUT2D eigenvalue weighted by molar-refractivity contribution is 8.76. The number of ether oxygens (including phenoxy) is 2. The fourth-order valence-electron chi connectivity index (χ4n) is 8.10. The lowest BCUT2D eigenvalue weighted by atomic mass is 9.82. The van der Waals surface area contributed by atoms with E-state index in [2.05, 4.69) is 46.5 Å². The van der Waals surface area contributed by atoms with E-state index >= 15 is 0 Å². The van der Waals surface area contributed by atoms with E-state index in [9.17, 15) is 48.6 Å². The van der Waals surface area contributed by atoms with Crippen molar-refractivity contribution in [3.63, 3.8) is 0 Å². The van der Waals surface area contributed by atoms with Crippen molar-refractivity contribution in [1.29, 1.82) is 0 Å². The van der Waals surface area contributed by atoms with Gasteiger partial charge in [0.15, 0.2) is 16.9 Å². The first-order chi connectivity index (χ1) is 31.0. The number of fused-ring (bicyclic) bond motifs is 5. The van der Waals surface area contributed by atoms with Crippen molar-refractivity contribution in [2.24, 2.45) is 11.7 Å². The Morgan fingerprint density at radius 2 is 1.75 bits per heavy atom. The van der Waals surface area contributed by atoms with Crippen LogP contribution in [0.3, 0.4) is 0 Å². The summed E-state index contributed by atoms with van der Waals surface area (Å²) in [5.41, 5.74) is 11.1. The van der Waals surface area contributed by atoms with Crippen molar-refractivity contribution in [2.45, 2.75) is 56.2 Å². The number of allylic oxidation sites excluding steroid dienone is 2. The first-order valence-electron chi connectivity index (χ1n) is 20.0. The van der Waals surface area contributed by atoms with Crippen LogP contribution in [0.2, 0.25) is 0 Å². The van der Waals surface area contributed by atoms with Gasteiger partial charge in [-0.05, 0) is 37.6 Å². The monoisotopic (exact) mass is 936 g/mol. The smallest absolute Gasteiger partial charge is 0.404 e. The number of benzene rings is 1. The Morgan fingerprint density at radius 3 is 2.45 bits per heavy atom. The molecule has 6 atom stereocenters. The van der Waals surface area contributed by atoms with Gasteiger partial charge in [-0.2, -0.15) is 4.98 Å². The number of piperazine rings is 1. The first-order valence-corrected chi connectivity index (χ1v) is 22.5. The van der Waals surface area contributed by atoms with Gasteiger partial charge in [-0.3, -0.25) is 29.0 Å². The third kappa shape index (κ3) is 9.55. The second kappa shape index (κ2) is 19.1. The fraction of sp³-hybridized carbons (Fsp3) is 0.410. The number of nitrogens with one attached hydrogen (secondary N) is 6. The number of amides is 3. The molecule has 0 bridgehead atoms. The number of aliphatic carboxylic acids is 2. The van der Waals surface area contributed by atoms with Crippen LogP contribution in [-0.2, 0) is 40.0 Å². The molecule has 2 saturated heterocycles. The van der Waals surface area contributed by atoms with Crippen molar-refractivity contribution >= 4 is 85.8 Å². The van der Waals surface area contributed by atoms with E-state index in [1.807, 2.05) is 0 Å². The van der Waals surface area contributed by atoms with Crippen molar-refractivity contribution in [1.82, 2.24) is 46.1 Å². The van der Waals surface area contributed by atoms with Gasteiger partial charge in [-0.1, -0.05) is 21.6 Å². The number of carboxylic acid groups (broad SMARTS) is 2. The second-order valence-corrected chi connectivity index (χ2v) is 17.9. The second-order valence-electron chi connectivity index (χ2n) is 15.2. The minimum absolute atomic E-state index is 0.0161. The van der Waals surface area contributed by atoms with Gasteiger partial charge < -0.3 is 62.6 Å². The van der Waals surface area contributed by atoms with Gasteiger partial charge in [-0.15, -0.1) is 0 Å². The molecule has 3 aliphatic heterocycles. The number of Topliss-reactive ketones (excluding diaryl/α,β-unsaturated/α-hetero) is 2. The molecule has 26 heteroatoms. The molecule has 0 saturated carbocycles. The molecule has 1 aliphatic carbocycles. The average Bonchev–Trinajstić information content (AvgIpc) is 3.88. The number of hydrogen-bond acceptors (Lipinski definition) is 20. The number of ketones is 2. The highest BCUT2D eigenvalue weighted by Gasteiger charge is 2.72. The molecule has 5 heterocycles. The number of nitrogens with zero attached hydrogens (tertiary/aromatic N) is 4. The van der Waals surface area contributed by atoms with Crippen molar-refractivity contribution in [3.05, 3.63) is 74.6 Å². The molecule has 12 N–H and O–H groups in total. The summed E-state index contributed by atoms with van der Waals surface area (Å²) < 4.78 is 11.1. The molecule has 4 aliphatic rings. The van der Waals surface area contributed by atoms with E-state index in [0.717, 1.165) is 10.8 Å². The van der Waals surface area contributed by atoms with Crippen LogP contribution in [-0.4, -0.2) is 145 Å². The maximum atomic E-state index is 14.0. The maximum absolute atomic E-state index is 14.0. The summed E-state index contributed by atoms with van der Waals surface area (Å²) in [6.45, 7) is 2.07. The van der Waals surface area contributed by atoms with Gasteiger partial charge in [0.2, 0.25) is 23.4 Å². The first kappa shape index (κ1) is 46.2. The van der Waals surface area contributed by atoms with Gasteiger partial charge in [0.1, 0.15) is 18.7 Å². The number of carbonyl (C=O) groups is 7. The molecular formula is C39H44N12O12S2. The zero-order valence-electron chi connectivity index (χ0n) is 34.7. The molecule has 3 aromatic rings. The van der Waals surface area contributed by atoms with Gasteiger partial charge >= 0.3 is 18.0 Å². The molecular weight excluding hydrogens is 893 g/mol. The van der Waals surface area contributed by atoms with Crippen LogP contribution in [0.4, 0.5) is 16.4 Å². The van der Waals surface area contributed by atoms with Crippen LogP contribution in [0.15, 0.2) is 57.8 Å². The lowest BCUT2D eigenvalue weighted by molar-refractivity contribution is -0.142. The fourth-order valence-corrected chi connectivity index (χ4v) is 10.2. The van der Waals surface area contributed by atoms with E-state index in [0.29, 0.717) is 23.7 Å². The van der Waals surface area contributed by atoms with Crippen LogP contribution in [0.25, 0.3) is 11.2 Å². The molecule has 7 rings (SSSR count). The Balaban J connectivity index is 0.841. The quantitative estimate of drug-likeness (QED) is 0.0260. The molecule has 2 aromatic heterocycles. The van der Waals surface area contributed by atoms with Gasteiger partial charge in [0.05, 0.1) is 41.8 Å². The van der Waals surface area contributed by atoms with E-state index in [4.69, 9.17) is 20.9 Å². The van der Waals surface area contributed by atoms with Gasteiger partial charge in [0, 0.05) is 66.6 Å². The van der Waals surface area contributed by atoms with Crippen LogP contribution in [0, 0.1) is 5.92 Å². The molecule has 1 aromatic carbocycles. The van der Waals surface area contributed by atoms with Gasteiger partial charge in [-0.25, -0.2) is 24.4 Å². The number of nitrogens with two attached hydrogens (primary N) is 2. The predicted molar refractivity (Wildman–Crippen MR) is 233 cm³/mol. The highest BCUT2D eigenvalue weighted by atomic mass is 33.1. The normalized spacial score (nSPS) is 21.6. The molecule has 0 spiro atoms. The molecule has 0 radical (unpaired) electrons. The number of nitrogen functional groups attached to an aromatic ring is 1. The Kier molecular flexibility index (Phi) is 13.6. The molecule has 24 nitrogen and oxygen atoms in total. The predicted octanol–water partition coefficient (Wildman–Crippen LogP) is -1.19. The molecule has 2 fully saturated rings. The Hall–Kier alpha value is -6.77. The minimum Gasteiger partial charge on any atom is -0.480 e. The number of carboxylic acids is 2. The minimum atomic E-state index is -1.47. The molecule has 2 unspecified atom stereocenters. The van der Waals surface area contributed by atoms with Gasteiger partial charge in [0.25, 0.3) is 11.5 Å². The summed E-state index contributed by atoms with van der Waals surface area (Å²) in [6, 6.07) is 3.10. The van der Waals surface area contributed by atoms with E-state index in [1.54, 1.807) is 24.0 Å². The molecule has 65 heavy (non-hydrogen) atoms. The lowest BCUT2D eigenvalue weighted by Gasteiger charge is -2.39. The standard InChI is InChI=1S/C39H44N12O12S2/c1-16-26(30(54)25-20(14-63-38(41)61)39(62-2)31-22(47-31)13-51(39)28(25)29(16)53)42-9-10-64-65-15-23(36(59)60)46-24(52)8-7-21(35(57)58)48-33(55)17-3-5-18(6-4-17)43-11-19-12-44-32-27(45-19)34(56)50-37(40)49-32/h3-6,12,20-23,31,42-43,47H,7-11,13-15H2,1-2H3,(H2,41,61)(H,46,52)(H,48,55)(H,57,58)(H,59,60)(H3,40,44,49,50,56)/t20-,21?,22+,23?,31+,39-/m1/s1. The van der Waals surface area contributed by atoms with E-state index < -0.39 is 71.3 Å². The third-order valence-electron chi connectivity index (χ3n) is 11.2. The van der Waals surface area contributed by atoms with Crippen LogP contribution < -0.4 is 43.6 Å². The number of primary amides is 1. The highest BCUT2D eigenvalue weighted by Crippen LogP contribution is 2.55. The average molecular weight is 937 g/mol. The summed E-state index contributed by atoms with van der Waals surface area (Å²) in [5, 5.41) is 33.7. The summed E-state index contributed by atoms with van der Waals surface area (Å²) >= 11 is 0. The summed E-state index contributed by atoms with van der Waals surface area (Å²) in [5.74, 6) is -5.58. The van der Waals surface area contributed by atoms with Crippen molar-refractivity contribution in [3.8, 4) is 0 Å². The zero-order chi connectivity index (χ0) is 46.7. The largest absolute Gasteiger partial charge is 0.480 e. The number of rotatable bonds is 21. The Labute approximate surface area is 375 Å². The molecule has 344 valence electrons. The number of anilines is 2. The SMILES string of the molecule is CO[C@@]12[C@H](COC(N)=O)C3=C(C(=O)C(C)=C(NCCSSCC(NC(=O)CCC(NC(=O)c4ccc(NCc5cnc6nc(N)[nH]c(=O)c6n5)cc4)C(=O)O)C(=O)O)C3=O)N1C[C@@H]1N[C@@H]12. The van der Waals surface area contributed by atoms with Crippen molar-refractivity contribution < 1.29 is 53.2 Å².